The van der Waals surface area contributed by atoms with Crippen LogP contribution in [0.5, 0.6) is 0 Å². The molecule has 0 aliphatic carbocycles. The summed E-state index contributed by atoms with van der Waals surface area (Å²) in [5.74, 6) is -0.214. The number of rotatable bonds is 5. The van der Waals surface area contributed by atoms with Gasteiger partial charge in [-0.25, -0.2) is 0 Å². The first-order chi connectivity index (χ1) is 12.5. The Morgan fingerprint density at radius 2 is 1.85 bits per heavy atom. The number of carbonyl (C=O) groups is 1. The highest BCUT2D eigenvalue weighted by molar-refractivity contribution is 6.41. The van der Waals surface area contributed by atoms with Crippen molar-refractivity contribution in [2.45, 2.75) is 6.04 Å². The van der Waals surface area contributed by atoms with Crippen molar-refractivity contribution in [2.75, 3.05) is 32.8 Å². The molecule has 5 nitrogen and oxygen atoms in total. The smallest absolute Gasteiger partial charge is 0.268 e. The van der Waals surface area contributed by atoms with Crippen molar-refractivity contribution in [3.05, 3.63) is 56.8 Å². The first kappa shape index (κ1) is 19.5. The van der Waals surface area contributed by atoms with E-state index in [0.717, 1.165) is 18.7 Å². The number of hydrogen-bond donors (Lipinski definition) is 1. The molecule has 1 amide bonds. The third kappa shape index (κ3) is 4.35. The van der Waals surface area contributed by atoms with E-state index in [-0.39, 0.29) is 11.9 Å². The van der Waals surface area contributed by atoms with Crippen LogP contribution in [-0.4, -0.2) is 48.2 Å². The molecule has 26 heavy (non-hydrogen) atoms. The van der Waals surface area contributed by atoms with Gasteiger partial charge in [0.2, 0.25) is 0 Å². The summed E-state index contributed by atoms with van der Waals surface area (Å²) in [6.45, 7) is 3.44. The molecule has 1 aromatic heterocycles. The van der Waals surface area contributed by atoms with E-state index in [0.29, 0.717) is 40.7 Å². The van der Waals surface area contributed by atoms with Gasteiger partial charge in [0.1, 0.15) is 10.8 Å². The Balaban J connectivity index is 1.75. The number of carbonyl (C=O) groups excluding carboxylic acids is 1. The molecule has 140 valence electrons. The quantitative estimate of drug-likeness (QED) is 0.807. The lowest BCUT2D eigenvalue weighted by molar-refractivity contribution is 0.0162. The lowest BCUT2D eigenvalue weighted by Gasteiger charge is -2.35. The van der Waals surface area contributed by atoms with E-state index in [1.165, 1.54) is 0 Å². The van der Waals surface area contributed by atoms with Crippen LogP contribution in [0.25, 0.3) is 0 Å². The van der Waals surface area contributed by atoms with Crippen molar-refractivity contribution in [1.29, 1.82) is 0 Å². The van der Waals surface area contributed by atoms with Crippen molar-refractivity contribution in [1.82, 2.24) is 14.8 Å². The van der Waals surface area contributed by atoms with Crippen molar-refractivity contribution in [3.63, 3.8) is 0 Å². The molecule has 0 bridgehead atoms. The summed E-state index contributed by atoms with van der Waals surface area (Å²) >= 11 is 18.1. The average molecular weight is 417 g/mol. The topological polar surface area (TPSA) is 46.5 Å². The molecule has 2 heterocycles. The minimum Gasteiger partial charge on any atom is -0.379 e. The van der Waals surface area contributed by atoms with Crippen LogP contribution in [0.2, 0.25) is 15.2 Å². The van der Waals surface area contributed by atoms with Gasteiger partial charge in [0.25, 0.3) is 5.91 Å². The Bertz CT molecular complexity index is 771. The molecule has 1 unspecified atom stereocenters. The van der Waals surface area contributed by atoms with E-state index in [1.54, 1.807) is 17.7 Å². The fourth-order valence-electron chi connectivity index (χ4n) is 3.07. The van der Waals surface area contributed by atoms with Gasteiger partial charge in [0, 0.05) is 31.7 Å². The third-order valence-electron chi connectivity index (χ3n) is 4.55. The van der Waals surface area contributed by atoms with Gasteiger partial charge in [-0.3, -0.25) is 9.69 Å². The molecule has 1 aromatic carbocycles. The van der Waals surface area contributed by atoms with Gasteiger partial charge in [-0.2, -0.15) is 0 Å². The predicted molar refractivity (Wildman–Crippen MR) is 104 cm³/mol. The van der Waals surface area contributed by atoms with Crippen molar-refractivity contribution >= 4 is 40.7 Å². The number of morpholine rings is 1. The second-order valence-corrected chi connectivity index (χ2v) is 7.35. The van der Waals surface area contributed by atoms with Crippen LogP contribution in [0.4, 0.5) is 0 Å². The highest BCUT2D eigenvalue weighted by Gasteiger charge is 2.24. The molecule has 1 atom stereocenters. The Morgan fingerprint density at radius 1 is 1.19 bits per heavy atom. The molecule has 1 fully saturated rings. The first-order valence-corrected chi connectivity index (χ1v) is 9.47. The zero-order valence-electron chi connectivity index (χ0n) is 14.3. The van der Waals surface area contributed by atoms with Gasteiger partial charge in [-0.1, -0.05) is 46.9 Å². The largest absolute Gasteiger partial charge is 0.379 e. The van der Waals surface area contributed by atoms with Gasteiger partial charge in [-0.15, -0.1) is 0 Å². The maximum atomic E-state index is 12.6. The average Bonchev–Trinajstić information content (AvgIpc) is 2.91. The Hall–Kier alpha value is -1.24. The number of halogens is 3. The number of hydrogen-bond acceptors (Lipinski definition) is 3. The zero-order chi connectivity index (χ0) is 18.7. The number of aromatic nitrogens is 1. The number of amides is 1. The Kier molecular flexibility index (Phi) is 6.48. The van der Waals surface area contributed by atoms with Gasteiger partial charge in [0.15, 0.2) is 0 Å². The number of nitrogens with one attached hydrogen (secondary N) is 1. The van der Waals surface area contributed by atoms with Crippen LogP contribution in [0, 0.1) is 0 Å². The molecule has 0 saturated carbocycles. The molecular weight excluding hydrogens is 397 g/mol. The van der Waals surface area contributed by atoms with Gasteiger partial charge in [0.05, 0.1) is 24.3 Å². The lowest BCUT2D eigenvalue weighted by atomic mass is 10.0. The number of ether oxygens (including phenoxy) is 1. The highest BCUT2D eigenvalue weighted by atomic mass is 35.5. The zero-order valence-corrected chi connectivity index (χ0v) is 16.6. The van der Waals surface area contributed by atoms with E-state index in [1.807, 2.05) is 24.3 Å². The van der Waals surface area contributed by atoms with E-state index < -0.39 is 0 Å². The van der Waals surface area contributed by atoms with Crippen molar-refractivity contribution in [3.8, 4) is 0 Å². The predicted octanol–water partition coefficient (Wildman–Crippen LogP) is 3.79. The van der Waals surface area contributed by atoms with Crippen LogP contribution in [0.15, 0.2) is 30.3 Å². The molecule has 1 aliphatic heterocycles. The molecule has 1 saturated heterocycles. The fourth-order valence-corrected chi connectivity index (χ4v) is 3.57. The maximum absolute atomic E-state index is 12.6. The summed E-state index contributed by atoms with van der Waals surface area (Å²) in [7, 11) is 1.71. The molecular formula is C18H20Cl3N3O2. The number of nitrogens with zero attached hydrogens (tertiary/aromatic N) is 2. The summed E-state index contributed by atoms with van der Waals surface area (Å²) < 4.78 is 7.02. The Morgan fingerprint density at radius 3 is 2.42 bits per heavy atom. The van der Waals surface area contributed by atoms with Gasteiger partial charge < -0.3 is 14.6 Å². The van der Waals surface area contributed by atoms with Crippen LogP contribution in [-0.2, 0) is 11.8 Å². The second kappa shape index (κ2) is 8.63. The minimum absolute atomic E-state index is 0.0336. The summed E-state index contributed by atoms with van der Waals surface area (Å²) in [4.78, 5) is 14.9. The van der Waals surface area contributed by atoms with Gasteiger partial charge >= 0.3 is 0 Å². The highest BCUT2D eigenvalue weighted by Crippen LogP contribution is 2.26. The fraction of sp³-hybridized carbons (Fsp3) is 0.389. The minimum atomic E-state index is -0.214. The molecule has 1 aliphatic rings. The van der Waals surface area contributed by atoms with Gasteiger partial charge in [-0.05, 0) is 23.8 Å². The molecule has 2 aromatic rings. The second-order valence-electron chi connectivity index (χ2n) is 6.15. The maximum Gasteiger partial charge on any atom is 0.268 e. The van der Waals surface area contributed by atoms with E-state index in [9.17, 15) is 4.79 Å². The third-order valence-corrected chi connectivity index (χ3v) is 5.64. The molecule has 1 N–H and O–H groups in total. The summed E-state index contributed by atoms with van der Waals surface area (Å²) in [6.07, 6.45) is 0. The summed E-state index contributed by atoms with van der Waals surface area (Å²) in [5, 5.41) is 4.39. The SMILES string of the molecule is Cn1c(C(=O)NCC(c2ccc(Cl)cc2)N2CCOCC2)cc(Cl)c1Cl. The van der Waals surface area contributed by atoms with Crippen LogP contribution in [0.3, 0.4) is 0 Å². The normalized spacial score (nSPS) is 16.5. The standard InChI is InChI=1S/C18H20Cl3N3O2/c1-23-15(10-14(20)17(23)21)18(25)22-11-16(24-6-8-26-9-7-24)12-2-4-13(19)5-3-12/h2-5,10,16H,6-9,11H2,1H3,(H,22,25). The molecule has 0 spiro atoms. The first-order valence-electron chi connectivity index (χ1n) is 8.33. The number of benzene rings is 1. The molecule has 3 rings (SSSR count). The van der Waals surface area contributed by atoms with E-state index >= 15 is 0 Å². The van der Waals surface area contributed by atoms with Crippen LogP contribution in [0.1, 0.15) is 22.1 Å². The van der Waals surface area contributed by atoms with Crippen LogP contribution >= 0.6 is 34.8 Å². The van der Waals surface area contributed by atoms with Crippen LogP contribution < -0.4 is 5.32 Å². The monoisotopic (exact) mass is 415 g/mol. The van der Waals surface area contributed by atoms with E-state index in [4.69, 9.17) is 39.5 Å². The summed E-state index contributed by atoms with van der Waals surface area (Å²) in [6, 6.07) is 9.32. The van der Waals surface area contributed by atoms with Crippen molar-refractivity contribution in [2.24, 2.45) is 7.05 Å². The Labute approximate surface area is 167 Å². The summed E-state index contributed by atoms with van der Waals surface area (Å²) in [5.41, 5.74) is 1.52. The van der Waals surface area contributed by atoms with E-state index in [2.05, 4.69) is 10.2 Å². The molecule has 8 heteroatoms. The molecule has 0 radical (unpaired) electrons. The van der Waals surface area contributed by atoms with Crippen molar-refractivity contribution < 1.29 is 9.53 Å². The lowest BCUT2D eigenvalue weighted by Crippen LogP contribution is -2.44.